The van der Waals surface area contributed by atoms with Crippen LogP contribution >= 0.6 is 0 Å². The molecule has 0 aliphatic heterocycles. The highest BCUT2D eigenvalue weighted by Gasteiger charge is 2.21. The summed E-state index contributed by atoms with van der Waals surface area (Å²) in [4.78, 5) is 4.73. The van der Waals surface area contributed by atoms with Gasteiger partial charge in [0.25, 0.3) is 0 Å². The minimum absolute atomic E-state index is 0.506. The molecule has 1 aliphatic rings. The summed E-state index contributed by atoms with van der Waals surface area (Å²) in [6, 6.07) is 81.4. The Balaban J connectivity index is 0.897. The third-order valence-corrected chi connectivity index (χ3v) is 13.0. The van der Waals surface area contributed by atoms with Crippen molar-refractivity contribution in [3.63, 3.8) is 0 Å². The average molecular weight is 835 g/mol. The Kier molecular flexibility index (Phi) is 9.49. The largest absolute Gasteiger partial charge is 0.313 e. The Labute approximate surface area is 379 Å². The summed E-state index contributed by atoms with van der Waals surface area (Å²) in [5, 5.41) is 4.97. The molecule has 0 spiro atoms. The van der Waals surface area contributed by atoms with E-state index in [4.69, 9.17) is 0 Å². The number of allylic oxidation sites excluding steroid dienone is 4. The van der Waals surface area contributed by atoms with Gasteiger partial charge in [-0.25, -0.2) is 0 Å². The van der Waals surface area contributed by atoms with E-state index in [1.807, 2.05) is 0 Å². The molecule has 2 aromatic heterocycles. The van der Waals surface area contributed by atoms with Crippen LogP contribution in [0.2, 0.25) is 0 Å². The Hall–Kier alpha value is -8.34. The van der Waals surface area contributed by atoms with Gasteiger partial charge in [-0.3, -0.25) is 0 Å². The molecule has 0 saturated carbocycles. The fourth-order valence-corrected chi connectivity index (χ4v) is 10.0. The first kappa shape index (κ1) is 38.3. The molecule has 12 rings (SSSR count). The lowest BCUT2D eigenvalue weighted by Gasteiger charge is -2.26. The second-order valence-electron chi connectivity index (χ2n) is 17.1. The van der Waals surface area contributed by atoms with E-state index >= 15 is 0 Å². The van der Waals surface area contributed by atoms with Crippen LogP contribution in [-0.2, 0) is 0 Å². The topological polar surface area (TPSA) is 16.3 Å². The zero-order valence-electron chi connectivity index (χ0n) is 36.2. The standard InChI is InChI=1S/C61H46N4/c1-43-16-15-23-51(40-43)65-59-27-14-12-25-55(59)57-42-53(37-39-61(57)65)63(47-19-7-3-8-20-47)50-34-30-45(31-35-50)44-28-32-49(33-29-44)62(46-17-5-2-6-18-46)52-36-38-60-56(41-52)54-24-11-13-26-58(54)64(60)48-21-9-4-10-22-48/h2-39,41-43H,40H2,1H3. The van der Waals surface area contributed by atoms with Crippen molar-refractivity contribution in [1.29, 1.82) is 0 Å². The summed E-state index contributed by atoms with van der Waals surface area (Å²) in [6.07, 6.45) is 7.79. The van der Waals surface area contributed by atoms with Gasteiger partial charge >= 0.3 is 0 Å². The van der Waals surface area contributed by atoms with Crippen molar-refractivity contribution in [1.82, 2.24) is 9.13 Å². The highest BCUT2D eigenvalue weighted by atomic mass is 15.1. The van der Waals surface area contributed by atoms with Crippen molar-refractivity contribution in [3.05, 3.63) is 243 Å². The van der Waals surface area contributed by atoms with Crippen molar-refractivity contribution >= 4 is 83.4 Å². The lowest BCUT2D eigenvalue weighted by Crippen LogP contribution is -2.10. The molecule has 11 aromatic rings. The molecule has 2 heterocycles. The van der Waals surface area contributed by atoms with Gasteiger partial charge in [0.2, 0.25) is 0 Å². The quantitative estimate of drug-likeness (QED) is 0.144. The number of benzene rings is 9. The number of hydrogen-bond acceptors (Lipinski definition) is 2. The van der Waals surface area contributed by atoms with Crippen LogP contribution in [0.3, 0.4) is 0 Å². The van der Waals surface area contributed by atoms with E-state index in [1.165, 1.54) is 49.3 Å². The number of rotatable bonds is 9. The summed E-state index contributed by atoms with van der Waals surface area (Å²) in [6.45, 7) is 2.29. The second kappa shape index (κ2) is 16.1. The Bertz CT molecular complexity index is 3560. The van der Waals surface area contributed by atoms with Crippen LogP contribution in [0.5, 0.6) is 0 Å². The van der Waals surface area contributed by atoms with Crippen molar-refractivity contribution in [2.75, 3.05) is 9.80 Å². The van der Waals surface area contributed by atoms with Crippen LogP contribution in [0.1, 0.15) is 13.3 Å². The SMILES string of the molecule is CC1C=CC=C(n2c3ccccc3c3cc(N(c4ccccc4)c4ccc(-c5ccc(N(c6ccccc6)c6ccc7c(c6)c6ccccc6n7-c6ccccc6)cc5)cc4)ccc32)C1. The van der Waals surface area contributed by atoms with Crippen LogP contribution in [0, 0.1) is 5.92 Å². The van der Waals surface area contributed by atoms with Crippen molar-refractivity contribution in [3.8, 4) is 16.8 Å². The molecule has 1 atom stereocenters. The van der Waals surface area contributed by atoms with Gasteiger partial charge in [0.15, 0.2) is 0 Å². The molecular formula is C61H46N4. The monoisotopic (exact) mass is 834 g/mol. The molecular weight excluding hydrogens is 789 g/mol. The summed E-state index contributed by atoms with van der Waals surface area (Å²) >= 11 is 0. The zero-order valence-corrected chi connectivity index (χ0v) is 36.2. The van der Waals surface area contributed by atoms with E-state index in [9.17, 15) is 0 Å². The first-order chi connectivity index (χ1) is 32.2. The molecule has 65 heavy (non-hydrogen) atoms. The van der Waals surface area contributed by atoms with Crippen LogP contribution in [0.25, 0.3) is 66.1 Å². The Morgan fingerprint density at radius 1 is 0.369 bits per heavy atom. The Morgan fingerprint density at radius 2 is 0.769 bits per heavy atom. The number of hydrogen-bond donors (Lipinski definition) is 0. The van der Waals surface area contributed by atoms with Gasteiger partial charge in [-0.05, 0) is 139 Å². The van der Waals surface area contributed by atoms with E-state index in [0.717, 1.165) is 57.4 Å². The third-order valence-electron chi connectivity index (χ3n) is 13.0. The Morgan fingerprint density at radius 3 is 1.28 bits per heavy atom. The molecule has 0 amide bonds. The maximum Gasteiger partial charge on any atom is 0.0542 e. The minimum Gasteiger partial charge on any atom is -0.313 e. The molecule has 1 aliphatic carbocycles. The molecule has 9 aromatic carbocycles. The fraction of sp³-hybridized carbons (Fsp3) is 0.0492. The molecule has 0 radical (unpaired) electrons. The summed E-state index contributed by atoms with van der Waals surface area (Å²) in [5.74, 6) is 0.506. The average Bonchev–Trinajstić information content (AvgIpc) is 3.88. The molecule has 0 saturated heterocycles. The van der Waals surface area contributed by atoms with Gasteiger partial charge in [-0.2, -0.15) is 0 Å². The zero-order chi connectivity index (χ0) is 43.3. The lowest BCUT2D eigenvalue weighted by atomic mass is 10.00. The number of fused-ring (bicyclic) bond motifs is 6. The maximum absolute atomic E-state index is 2.46. The van der Waals surface area contributed by atoms with Crippen LogP contribution in [0.4, 0.5) is 34.1 Å². The van der Waals surface area contributed by atoms with E-state index < -0.39 is 0 Å². The molecule has 0 N–H and O–H groups in total. The first-order valence-corrected chi connectivity index (χ1v) is 22.6. The van der Waals surface area contributed by atoms with Crippen LogP contribution in [0.15, 0.2) is 243 Å². The van der Waals surface area contributed by atoms with Crippen molar-refractivity contribution in [2.45, 2.75) is 13.3 Å². The predicted octanol–water partition coefficient (Wildman–Crippen LogP) is 16.9. The number of aromatic nitrogens is 2. The molecule has 310 valence electrons. The van der Waals surface area contributed by atoms with Gasteiger partial charge in [0.1, 0.15) is 0 Å². The number of anilines is 6. The molecule has 1 unspecified atom stereocenters. The highest BCUT2D eigenvalue weighted by molar-refractivity contribution is 6.12. The predicted molar refractivity (Wildman–Crippen MR) is 276 cm³/mol. The maximum atomic E-state index is 2.46. The minimum atomic E-state index is 0.506. The van der Waals surface area contributed by atoms with Gasteiger partial charge in [-0.15, -0.1) is 0 Å². The normalized spacial score (nSPS) is 13.7. The molecule has 0 bridgehead atoms. The number of nitrogens with zero attached hydrogens (tertiary/aromatic N) is 4. The van der Waals surface area contributed by atoms with Gasteiger partial charge in [0.05, 0.1) is 22.1 Å². The second-order valence-corrected chi connectivity index (χ2v) is 17.1. The summed E-state index contributed by atoms with van der Waals surface area (Å²) < 4.78 is 4.83. The molecule has 4 heteroatoms. The van der Waals surface area contributed by atoms with E-state index in [0.29, 0.717) is 5.92 Å². The van der Waals surface area contributed by atoms with E-state index in [1.54, 1.807) is 0 Å². The van der Waals surface area contributed by atoms with Crippen LogP contribution < -0.4 is 9.80 Å². The van der Waals surface area contributed by atoms with Gasteiger partial charge < -0.3 is 18.9 Å². The fourth-order valence-electron chi connectivity index (χ4n) is 10.0. The highest BCUT2D eigenvalue weighted by Crippen LogP contribution is 2.43. The molecule has 0 fully saturated rings. The van der Waals surface area contributed by atoms with E-state index in [2.05, 4.69) is 269 Å². The summed E-state index contributed by atoms with van der Waals surface area (Å²) in [7, 11) is 0. The summed E-state index contributed by atoms with van der Waals surface area (Å²) in [5.41, 5.74) is 16.3. The lowest BCUT2D eigenvalue weighted by molar-refractivity contribution is 0.730. The smallest absolute Gasteiger partial charge is 0.0542 e. The van der Waals surface area contributed by atoms with Gasteiger partial charge in [-0.1, -0.05) is 134 Å². The molecule has 4 nitrogen and oxygen atoms in total. The van der Waals surface area contributed by atoms with Gasteiger partial charge in [0, 0.05) is 67.1 Å². The van der Waals surface area contributed by atoms with E-state index in [-0.39, 0.29) is 0 Å². The van der Waals surface area contributed by atoms with Crippen molar-refractivity contribution < 1.29 is 0 Å². The third kappa shape index (κ3) is 6.79. The van der Waals surface area contributed by atoms with Crippen LogP contribution in [-0.4, -0.2) is 9.13 Å². The first-order valence-electron chi connectivity index (χ1n) is 22.6. The number of para-hydroxylation sites is 5. The van der Waals surface area contributed by atoms with Crippen molar-refractivity contribution in [2.24, 2.45) is 5.92 Å².